The van der Waals surface area contributed by atoms with Crippen LogP contribution in [0.4, 0.5) is 19.1 Å². The topological polar surface area (TPSA) is 69.6 Å². The lowest BCUT2D eigenvalue weighted by atomic mass is 9.93. The molecule has 8 heteroatoms. The molecular weight excluding hydrogens is 283 g/mol. The third kappa shape index (κ3) is 1.96. The summed E-state index contributed by atoms with van der Waals surface area (Å²) in [6.07, 6.45) is -0.00343. The van der Waals surface area contributed by atoms with E-state index >= 15 is 0 Å². The number of rotatable bonds is 2. The van der Waals surface area contributed by atoms with Crippen LogP contribution in [0.2, 0.25) is 0 Å². The zero-order chi connectivity index (χ0) is 14.8. The molecule has 2 saturated carbocycles. The molecule has 2 aromatic rings. The second kappa shape index (κ2) is 4.08. The van der Waals surface area contributed by atoms with Crippen molar-refractivity contribution in [3.63, 3.8) is 0 Å². The van der Waals surface area contributed by atoms with Crippen LogP contribution in [0.25, 0.3) is 11.2 Å². The van der Waals surface area contributed by atoms with Crippen molar-refractivity contribution in [2.75, 3.05) is 5.73 Å². The zero-order valence-corrected chi connectivity index (χ0v) is 11.2. The highest BCUT2D eigenvalue weighted by atomic mass is 19.4. The number of imidazole rings is 1. The standard InChI is InChI=1S/C13H14F3N5/c14-13(15,16)11-18-8(6-4-5-6)9-10(20-11)21(12(17)19-9)7-2-1-3-7/h6-7H,1-5H2,(H2,17,19). The second-order valence-corrected chi connectivity index (χ2v) is 5.80. The summed E-state index contributed by atoms with van der Waals surface area (Å²) in [6, 6.07) is 0.109. The largest absolute Gasteiger partial charge is 0.451 e. The predicted molar refractivity (Wildman–Crippen MR) is 69.6 cm³/mol. The smallest absolute Gasteiger partial charge is 0.369 e. The maximum atomic E-state index is 13.0. The molecule has 2 aliphatic carbocycles. The van der Waals surface area contributed by atoms with Gasteiger partial charge < -0.3 is 5.73 Å². The second-order valence-electron chi connectivity index (χ2n) is 5.80. The molecule has 4 rings (SSSR count). The highest BCUT2D eigenvalue weighted by Gasteiger charge is 2.39. The summed E-state index contributed by atoms with van der Waals surface area (Å²) in [6.45, 7) is 0. The van der Waals surface area contributed by atoms with Crippen LogP contribution in [-0.2, 0) is 6.18 Å². The van der Waals surface area contributed by atoms with Crippen LogP contribution in [0.5, 0.6) is 0 Å². The summed E-state index contributed by atoms with van der Waals surface area (Å²) in [5, 5.41) is 0. The van der Waals surface area contributed by atoms with Crippen molar-refractivity contribution in [1.82, 2.24) is 19.5 Å². The average molecular weight is 297 g/mol. The summed E-state index contributed by atoms with van der Waals surface area (Å²) < 4.78 is 40.7. The van der Waals surface area contributed by atoms with Gasteiger partial charge in [-0.2, -0.15) is 13.2 Å². The van der Waals surface area contributed by atoms with E-state index in [-0.39, 0.29) is 23.6 Å². The van der Waals surface area contributed by atoms with Gasteiger partial charge in [-0.15, -0.1) is 0 Å². The fraction of sp³-hybridized carbons (Fsp3) is 0.615. The monoisotopic (exact) mass is 297 g/mol. The lowest BCUT2D eigenvalue weighted by Crippen LogP contribution is -2.20. The Morgan fingerprint density at radius 3 is 2.29 bits per heavy atom. The minimum Gasteiger partial charge on any atom is -0.369 e. The van der Waals surface area contributed by atoms with Crippen LogP contribution < -0.4 is 5.73 Å². The van der Waals surface area contributed by atoms with Crippen molar-refractivity contribution in [2.45, 2.75) is 50.2 Å². The average Bonchev–Trinajstić information content (AvgIpc) is 3.12. The molecule has 0 atom stereocenters. The molecule has 112 valence electrons. The van der Waals surface area contributed by atoms with Gasteiger partial charge in [0.25, 0.3) is 0 Å². The molecule has 0 spiro atoms. The van der Waals surface area contributed by atoms with Crippen LogP contribution in [-0.4, -0.2) is 19.5 Å². The maximum absolute atomic E-state index is 13.0. The van der Waals surface area contributed by atoms with Gasteiger partial charge in [0, 0.05) is 12.0 Å². The summed E-state index contributed by atoms with van der Waals surface area (Å²) in [5.74, 6) is -0.789. The molecule has 0 radical (unpaired) electrons. The number of alkyl halides is 3. The number of halogens is 3. The van der Waals surface area contributed by atoms with E-state index in [1.807, 2.05) is 0 Å². The van der Waals surface area contributed by atoms with Gasteiger partial charge in [-0.25, -0.2) is 15.0 Å². The quantitative estimate of drug-likeness (QED) is 0.925. The molecule has 0 amide bonds. The predicted octanol–water partition coefficient (Wildman–Crippen LogP) is 3.03. The third-order valence-electron chi connectivity index (χ3n) is 4.25. The van der Waals surface area contributed by atoms with E-state index in [0.717, 1.165) is 32.1 Å². The first-order chi connectivity index (χ1) is 9.95. The van der Waals surface area contributed by atoms with Gasteiger partial charge in [0.2, 0.25) is 11.8 Å². The van der Waals surface area contributed by atoms with E-state index in [4.69, 9.17) is 5.73 Å². The number of nitrogen functional groups attached to an aromatic ring is 1. The number of anilines is 1. The summed E-state index contributed by atoms with van der Waals surface area (Å²) >= 11 is 0. The van der Waals surface area contributed by atoms with Gasteiger partial charge in [-0.1, -0.05) is 0 Å². The van der Waals surface area contributed by atoms with Crippen molar-refractivity contribution < 1.29 is 13.2 Å². The fourth-order valence-corrected chi connectivity index (χ4v) is 2.79. The molecule has 2 N–H and O–H groups in total. The summed E-state index contributed by atoms with van der Waals surface area (Å²) in [5.41, 5.74) is 6.99. The van der Waals surface area contributed by atoms with E-state index in [9.17, 15) is 13.2 Å². The number of nitrogens with two attached hydrogens (primary N) is 1. The van der Waals surface area contributed by atoms with Gasteiger partial charge in [0.1, 0.15) is 5.52 Å². The first kappa shape index (κ1) is 12.8. The molecular formula is C13H14F3N5. The Morgan fingerprint density at radius 1 is 1.05 bits per heavy atom. The van der Waals surface area contributed by atoms with Crippen molar-refractivity contribution in [1.29, 1.82) is 0 Å². The maximum Gasteiger partial charge on any atom is 0.451 e. The molecule has 2 aliphatic rings. The zero-order valence-electron chi connectivity index (χ0n) is 11.2. The van der Waals surface area contributed by atoms with E-state index in [1.165, 1.54) is 0 Å². The number of hydrogen-bond donors (Lipinski definition) is 1. The summed E-state index contributed by atoms with van der Waals surface area (Å²) in [7, 11) is 0. The number of nitrogens with zero attached hydrogens (tertiary/aromatic N) is 4. The number of aromatic nitrogens is 4. The molecule has 0 unspecified atom stereocenters. The highest BCUT2D eigenvalue weighted by Crippen LogP contribution is 2.44. The Hall–Kier alpha value is -1.86. The minimum absolute atomic E-state index is 0.0562. The fourth-order valence-electron chi connectivity index (χ4n) is 2.79. The van der Waals surface area contributed by atoms with Gasteiger partial charge in [-0.05, 0) is 32.1 Å². The first-order valence-corrected chi connectivity index (χ1v) is 7.07. The molecule has 2 fully saturated rings. The number of fused-ring (bicyclic) bond motifs is 1. The van der Waals surface area contributed by atoms with E-state index < -0.39 is 12.0 Å². The van der Waals surface area contributed by atoms with Crippen LogP contribution in [0.3, 0.4) is 0 Å². The lowest BCUT2D eigenvalue weighted by Gasteiger charge is -2.27. The molecule has 21 heavy (non-hydrogen) atoms. The molecule has 0 aliphatic heterocycles. The van der Waals surface area contributed by atoms with Crippen LogP contribution in [0.1, 0.15) is 55.6 Å². The Labute approximate surface area is 118 Å². The lowest BCUT2D eigenvalue weighted by molar-refractivity contribution is -0.144. The molecule has 2 aromatic heterocycles. The van der Waals surface area contributed by atoms with Crippen LogP contribution in [0.15, 0.2) is 0 Å². The van der Waals surface area contributed by atoms with Gasteiger partial charge in [0.05, 0.1) is 5.69 Å². The van der Waals surface area contributed by atoms with Crippen LogP contribution >= 0.6 is 0 Å². The molecule has 2 heterocycles. The van der Waals surface area contributed by atoms with Crippen LogP contribution in [0, 0.1) is 0 Å². The molecule has 0 aromatic carbocycles. The third-order valence-corrected chi connectivity index (χ3v) is 4.25. The molecule has 5 nitrogen and oxygen atoms in total. The Kier molecular flexibility index (Phi) is 2.50. The van der Waals surface area contributed by atoms with Gasteiger partial charge >= 0.3 is 6.18 Å². The minimum atomic E-state index is -4.55. The summed E-state index contributed by atoms with van der Waals surface area (Å²) in [4.78, 5) is 11.7. The van der Waals surface area contributed by atoms with Gasteiger partial charge in [0.15, 0.2) is 5.65 Å². The van der Waals surface area contributed by atoms with E-state index in [0.29, 0.717) is 11.2 Å². The van der Waals surface area contributed by atoms with Crippen molar-refractivity contribution in [2.24, 2.45) is 0 Å². The highest BCUT2D eigenvalue weighted by molar-refractivity contribution is 5.78. The Morgan fingerprint density at radius 2 is 1.76 bits per heavy atom. The molecule has 0 bridgehead atoms. The Bertz CT molecular complexity index is 713. The van der Waals surface area contributed by atoms with E-state index in [1.54, 1.807) is 4.57 Å². The van der Waals surface area contributed by atoms with Crippen molar-refractivity contribution in [3.8, 4) is 0 Å². The number of hydrogen-bond acceptors (Lipinski definition) is 4. The van der Waals surface area contributed by atoms with E-state index in [2.05, 4.69) is 15.0 Å². The van der Waals surface area contributed by atoms with Crippen molar-refractivity contribution >= 4 is 17.1 Å². The first-order valence-electron chi connectivity index (χ1n) is 7.07. The normalized spacial score (nSPS) is 20.0. The molecule has 0 saturated heterocycles. The Balaban J connectivity index is 1.98. The van der Waals surface area contributed by atoms with Gasteiger partial charge in [-0.3, -0.25) is 4.57 Å². The van der Waals surface area contributed by atoms with Crippen molar-refractivity contribution in [3.05, 3.63) is 11.5 Å². The SMILES string of the molecule is Nc1nc2c(C3CC3)nc(C(F)(F)F)nc2n1C1CCC1.